The Kier molecular flexibility index (Phi) is 3.53. The third kappa shape index (κ3) is 3.30. The summed E-state index contributed by atoms with van der Waals surface area (Å²) in [6.07, 6.45) is 3.19. The molecule has 1 unspecified atom stereocenters. The fourth-order valence-electron chi connectivity index (χ4n) is 0.996. The molecular formula is C11H14O2. The van der Waals surface area contributed by atoms with Gasteiger partial charge in [0.1, 0.15) is 5.75 Å². The largest absolute Gasteiger partial charge is 0.497 e. The molecule has 0 aromatic heterocycles. The zero-order chi connectivity index (χ0) is 9.68. The summed E-state index contributed by atoms with van der Waals surface area (Å²) in [5, 5.41) is 9.02. The zero-order valence-corrected chi connectivity index (χ0v) is 7.90. The molecule has 0 spiro atoms. The van der Waals surface area contributed by atoms with Gasteiger partial charge in [0.25, 0.3) is 0 Å². The number of hydrogen-bond donors (Lipinski definition) is 1. The maximum absolute atomic E-state index is 9.02. The molecule has 1 atom stereocenters. The molecule has 0 aliphatic heterocycles. The van der Waals surface area contributed by atoms with Crippen LogP contribution in [0, 0.1) is 0 Å². The molecule has 0 heterocycles. The van der Waals surface area contributed by atoms with Gasteiger partial charge in [0, 0.05) is 0 Å². The summed E-state index contributed by atoms with van der Waals surface area (Å²) >= 11 is 0. The lowest BCUT2D eigenvalue weighted by molar-refractivity contribution is 0.245. The van der Waals surface area contributed by atoms with Crippen LogP contribution in [0.5, 0.6) is 5.75 Å². The van der Waals surface area contributed by atoms with E-state index in [9.17, 15) is 0 Å². The van der Waals surface area contributed by atoms with Crippen LogP contribution in [0.2, 0.25) is 0 Å². The minimum atomic E-state index is -0.411. The van der Waals surface area contributed by atoms with Crippen LogP contribution in [0.1, 0.15) is 12.5 Å². The van der Waals surface area contributed by atoms with E-state index in [0.29, 0.717) is 0 Å². The van der Waals surface area contributed by atoms with Gasteiger partial charge in [0.2, 0.25) is 0 Å². The first kappa shape index (κ1) is 9.81. The van der Waals surface area contributed by atoms with E-state index in [0.717, 1.165) is 11.3 Å². The standard InChI is InChI=1S/C11H14O2/c1-9(12)6-7-10-4-3-5-11(8-10)13-2/h3-9,12H,1-2H3/b7-6+. The molecule has 2 nitrogen and oxygen atoms in total. The first-order valence-corrected chi connectivity index (χ1v) is 4.22. The van der Waals surface area contributed by atoms with Crippen molar-refractivity contribution in [2.24, 2.45) is 0 Å². The third-order valence-electron chi connectivity index (χ3n) is 1.66. The average molecular weight is 178 g/mol. The van der Waals surface area contributed by atoms with Crippen LogP contribution in [0.15, 0.2) is 30.3 Å². The van der Waals surface area contributed by atoms with E-state index in [2.05, 4.69) is 0 Å². The third-order valence-corrected chi connectivity index (χ3v) is 1.66. The minimum Gasteiger partial charge on any atom is -0.497 e. The monoisotopic (exact) mass is 178 g/mol. The molecule has 0 aliphatic carbocycles. The smallest absolute Gasteiger partial charge is 0.119 e. The number of ether oxygens (including phenoxy) is 1. The molecule has 2 heteroatoms. The minimum absolute atomic E-state index is 0.411. The van der Waals surface area contributed by atoms with Gasteiger partial charge in [-0.15, -0.1) is 0 Å². The molecule has 0 saturated heterocycles. The maximum atomic E-state index is 9.02. The van der Waals surface area contributed by atoms with Crippen molar-refractivity contribution >= 4 is 6.08 Å². The van der Waals surface area contributed by atoms with Crippen LogP contribution in [-0.2, 0) is 0 Å². The van der Waals surface area contributed by atoms with Crippen molar-refractivity contribution in [1.29, 1.82) is 0 Å². The molecule has 0 saturated carbocycles. The summed E-state index contributed by atoms with van der Waals surface area (Å²) in [6, 6.07) is 7.68. The van der Waals surface area contributed by atoms with Gasteiger partial charge in [-0.2, -0.15) is 0 Å². The number of aliphatic hydroxyl groups is 1. The molecule has 1 N–H and O–H groups in total. The molecule has 13 heavy (non-hydrogen) atoms. The van der Waals surface area contributed by atoms with E-state index in [1.807, 2.05) is 30.3 Å². The van der Waals surface area contributed by atoms with Crippen molar-refractivity contribution < 1.29 is 9.84 Å². The normalized spacial score (nSPS) is 13.2. The molecule has 1 aromatic rings. The van der Waals surface area contributed by atoms with Gasteiger partial charge in [-0.3, -0.25) is 0 Å². The fraction of sp³-hybridized carbons (Fsp3) is 0.273. The van der Waals surface area contributed by atoms with E-state index in [1.54, 1.807) is 20.1 Å². The Morgan fingerprint density at radius 1 is 1.46 bits per heavy atom. The van der Waals surface area contributed by atoms with Gasteiger partial charge in [0.15, 0.2) is 0 Å². The highest BCUT2D eigenvalue weighted by molar-refractivity contribution is 5.52. The summed E-state index contributed by atoms with van der Waals surface area (Å²) in [4.78, 5) is 0. The summed E-state index contributed by atoms with van der Waals surface area (Å²) < 4.78 is 5.07. The van der Waals surface area contributed by atoms with E-state index in [-0.39, 0.29) is 0 Å². The van der Waals surface area contributed by atoms with Gasteiger partial charge < -0.3 is 9.84 Å². The first-order valence-electron chi connectivity index (χ1n) is 4.22. The van der Waals surface area contributed by atoms with Crippen molar-refractivity contribution in [3.05, 3.63) is 35.9 Å². The van der Waals surface area contributed by atoms with Gasteiger partial charge in [-0.25, -0.2) is 0 Å². The van der Waals surface area contributed by atoms with Crippen LogP contribution in [-0.4, -0.2) is 18.3 Å². The van der Waals surface area contributed by atoms with Gasteiger partial charge in [-0.1, -0.05) is 24.3 Å². The van der Waals surface area contributed by atoms with Crippen LogP contribution in [0.25, 0.3) is 6.08 Å². The van der Waals surface area contributed by atoms with E-state index >= 15 is 0 Å². The van der Waals surface area contributed by atoms with Crippen molar-refractivity contribution in [2.45, 2.75) is 13.0 Å². The number of hydrogen-bond acceptors (Lipinski definition) is 2. The quantitative estimate of drug-likeness (QED) is 0.768. The van der Waals surface area contributed by atoms with Gasteiger partial charge in [0.05, 0.1) is 13.2 Å². The Hall–Kier alpha value is -1.28. The Bertz CT molecular complexity index is 290. The highest BCUT2D eigenvalue weighted by atomic mass is 16.5. The SMILES string of the molecule is COc1cccc(/C=C/C(C)O)c1. The number of aliphatic hydroxyl groups excluding tert-OH is 1. The lowest BCUT2D eigenvalue weighted by Crippen LogP contribution is -1.91. The molecule has 0 bridgehead atoms. The average Bonchev–Trinajstić information content (AvgIpc) is 2.15. The molecule has 1 aromatic carbocycles. The fourth-order valence-corrected chi connectivity index (χ4v) is 0.996. The Labute approximate surface area is 78.5 Å². The molecule has 0 amide bonds. The van der Waals surface area contributed by atoms with E-state index in [4.69, 9.17) is 9.84 Å². The second-order valence-corrected chi connectivity index (χ2v) is 2.88. The van der Waals surface area contributed by atoms with E-state index in [1.165, 1.54) is 0 Å². The highest BCUT2D eigenvalue weighted by Gasteiger charge is 1.91. The Morgan fingerprint density at radius 3 is 2.85 bits per heavy atom. The summed E-state index contributed by atoms with van der Waals surface area (Å²) in [7, 11) is 1.64. The summed E-state index contributed by atoms with van der Waals surface area (Å²) in [5.74, 6) is 0.827. The van der Waals surface area contributed by atoms with Crippen LogP contribution >= 0.6 is 0 Å². The Balaban J connectivity index is 2.77. The Morgan fingerprint density at radius 2 is 2.23 bits per heavy atom. The lowest BCUT2D eigenvalue weighted by atomic mass is 10.2. The molecular weight excluding hydrogens is 164 g/mol. The number of methoxy groups -OCH3 is 1. The second-order valence-electron chi connectivity index (χ2n) is 2.88. The molecule has 70 valence electrons. The van der Waals surface area contributed by atoms with Crippen LogP contribution in [0.3, 0.4) is 0 Å². The molecule has 0 radical (unpaired) electrons. The molecule has 1 rings (SSSR count). The predicted octanol–water partition coefficient (Wildman–Crippen LogP) is 2.09. The van der Waals surface area contributed by atoms with Crippen molar-refractivity contribution in [3.8, 4) is 5.75 Å². The zero-order valence-electron chi connectivity index (χ0n) is 7.90. The summed E-state index contributed by atoms with van der Waals surface area (Å²) in [5.41, 5.74) is 1.03. The van der Waals surface area contributed by atoms with Crippen molar-refractivity contribution in [3.63, 3.8) is 0 Å². The summed E-state index contributed by atoms with van der Waals surface area (Å²) in [6.45, 7) is 1.72. The first-order chi connectivity index (χ1) is 6.22. The number of benzene rings is 1. The van der Waals surface area contributed by atoms with Gasteiger partial charge >= 0.3 is 0 Å². The van der Waals surface area contributed by atoms with Crippen molar-refractivity contribution in [1.82, 2.24) is 0 Å². The van der Waals surface area contributed by atoms with Gasteiger partial charge in [-0.05, 0) is 24.6 Å². The topological polar surface area (TPSA) is 29.5 Å². The van der Waals surface area contributed by atoms with Crippen molar-refractivity contribution in [2.75, 3.05) is 7.11 Å². The lowest BCUT2D eigenvalue weighted by Gasteiger charge is -2.00. The van der Waals surface area contributed by atoms with Crippen LogP contribution in [0.4, 0.5) is 0 Å². The molecule has 0 aliphatic rings. The predicted molar refractivity (Wildman–Crippen MR) is 53.7 cm³/mol. The second kappa shape index (κ2) is 4.67. The van der Waals surface area contributed by atoms with E-state index < -0.39 is 6.10 Å². The highest BCUT2D eigenvalue weighted by Crippen LogP contribution is 2.13. The number of rotatable bonds is 3. The molecule has 0 fully saturated rings. The van der Waals surface area contributed by atoms with Crippen LogP contribution < -0.4 is 4.74 Å². The maximum Gasteiger partial charge on any atom is 0.119 e.